The zero-order chi connectivity index (χ0) is 17.6. The van der Waals surface area contributed by atoms with Crippen molar-refractivity contribution in [1.82, 2.24) is 4.98 Å². The van der Waals surface area contributed by atoms with Crippen molar-refractivity contribution < 1.29 is 18.7 Å². The van der Waals surface area contributed by atoms with Gasteiger partial charge in [-0.2, -0.15) is 0 Å². The molecular formula is C18H17N3O4. The van der Waals surface area contributed by atoms with Gasteiger partial charge >= 0.3 is 0 Å². The number of methoxy groups -OCH3 is 2. The average molecular weight is 339 g/mol. The van der Waals surface area contributed by atoms with Gasteiger partial charge in [0, 0.05) is 11.8 Å². The zero-order valence-corrected chi connectivity index (χ0v) is 13.8. The molecule has 3 rings (SSSR count). The van der Waals surface area contributed by atoms with Gasteiger partial charge in [-0.25, -0.2) is 4.98 Å². The van der Waals surface area contributed by atoms with E-state index < -0.39 is 0 Å². The van der Waals surface area contributed by atoms with Crippen molar-refractivity contribution in [3.8, 4) is 11.5 Å². The summed E-state index contributed by atoms with van der Waals surface area (Å²) in [6, 6.07) is 12.2. The molecule has 0 spiro atoms. The van der Waals surface area contributed by atoms with Gasteiger partial charge in [-0.1, -0.05) is 0 Å². The summed E-state index contributed by atoms with van der Waals surface area (Å²) in [6.07, 6.45) is 3.06. The molecule has 0 bridgehead atoms. The van der Waals surface area contributed by atoms with Crippen LogP contribution in [0.1, 0.15) is 10.6 Å². The molecule has 25 heavy (non-hydrogen) atoms. The van der Waals surface area contributed by atoms with E-state index in [9.17, 15) is 4.79 Å². The van der Waals surface area contributed by atoms with Crippen LogP contribution in [-0.2, 0) is 0 Å². The monoisotopic (exact) mass is 339 g/mol. The summed E-state index contributed by atoms with van der Waals surface area (Å²) >= 11 is 0. The number of furan rings is 1. The number of carbonyl (C=O) groups excluding carboxylic acids is 1. The second-order valence-corrected chi connectivity index (χ2v) is 5.06. The summed E-state index contributed by atoms with van der Waals surface area (Å²) in [5.41, 5.74) is 1.59. The number of rotatable bonds is 6. The molecule has 0 radical (unpaired) electrons. The summed E-state index contributed by atoms with van der Waals surface area (Å²) in [7, 11) is 3.17. The van der Waals surface area contributed by atoms with Gasteiger partial charge in [-0.15, -0.1) is 0 Å². The molecule has 2 aromatic heterocycles. The second-order valence-electron chi connectivity index (χ2n) is 5.06. The van der Waals surface area contributed by atoms with Crippen LogP contribution < -0.4 is 20.1 Å². The molecule has 0 aliphatic heterocycles. The standard InChI is InChI=1S/C18H17N3O4/c1-23-14-7-5-12(10-16(14)24-2)20-13-6-8-17(19-11-13)21-18(22)15-4-3-9-25-15/h3-11,20H,1-2H3,(H,19,21,22). The molecule has 2 N–H and O–H groups in total. The third-order valence-electron chi connectivity index (χ3n) is 3.42. The molecule has 128 valence electrons. The molecular weight excluding hydrogens is 322 g/mol. The maximum absolute atomic E-state index is 11.9. The number of hydrogen-bond acceptors (Lipinski definition) is 6. The Hall–Kier alpha value is -3.48. The Morgan fingerprint density at radius 3 is 2.48 bits per heavy atom. The summed E-state index contributed by atoms with van der Waals surface area (Å²) in [6.45, 7) is 0. The molecule has 0 aliphatic rings. The predicted molar refractivity (Wildman–Crippen MR) is 93.7 cm³/mol. The third kappa shape index (κ3) is 3.89. The van der Waals surface area contributed by atoms with Crippen LogP contribution in [0.15, 0.2) is 59.3 Å². The Kier molecular flexibility index (Phi) is 4.84. The van der Waals surface area contributed by atoms with E-state index in [-0.39, 0.29) is 11.7 Å². The highest BCUT2D eigenvalue weighted by Gasteiger charge is 2.09. The fraction of sp³-hybridized carbons (Fsp3) is 0.111. The highest BCUT2D eigenvalue weighted by atomic mass is 16.5. The first-order valence-electron chi connectivity index (χ1n) is 7.49. The number of hydrogen-bond donors (Lipinski definition) is 2. The van der Waals surface area contributed by atoms with Gasteiger partial charge in [0.15, 0.2) is 17.3 Å². The van der Waals surface area contributed by atoms with E-state index in [1.165, 1.54) is 6.26 Å². The van der Waals surface area contributed by atoms with E-state index >= 15 is 0 Å². The van der Waals surface area contributed by atoms with E-state index in [2.05, 4.69) is 15.6 Å². The average Bonchev–Trinajstić information content (AvgIpc) is 3.18. The van der Waals surface area contributed by atoms with Crippen LogP contribution in [-0.4, -0.2) is 25.1 Å². The van der Waals surface area contributed by atoms with E-state index in [0.717, 1.165) is 11.4 Å². The molecule has 0 saturated heterocycles. The Balaban J connectivity index is 1.67. The van der Waals surface area contributed by atoms with Crippen molar-refractivity contribution in [2.45, 2.75) is 0 Å². The predicted octanol–water partition coefficient (Wildman–Crippen LogP) is 3.69. The molecule has 0 unspecified atom stereocenters. The number of nitrogens with zero attached hydrogens (tertiary/aromatic N) is 1. The van der Waals surface area contributed by atoms with Crippen LogP contribution in [0.25, 0.3) is 0 Å². The molecule has 0 fully saturated rings. The van der Waals surface area contributed by atoms with Gasteiger partial charge in [0.05, 0.1) is 32.4 Å². The number of carbonyl (C=O) groups is 1. The maximum atomic E-state index is 11.9. The van der Waals surface area contributed by atoms with Crippen molar-refractivity contribution in [3.63, 3.8) is 0 Å². The van der Waals surface area contributed by atoms with Gasteiger partial charge < -0.3 is 24.5 Å². The van der Waals surface area contributed by atoms with E-state index in [1.54, 1.807) is 38.6 Å². The molecule has 7 heteroatoms. The van der Waals surface area contributed by atoms with Gasteiger partial charge in [-0.05, 0) is 36.4 Å². The number of aromatic nitrogens is 1. The Morgan fingerprint density at radius 1 is 1.04 bits per heavy atom. The second kappa shape index (κ2) is 7.39. The first-order valence-corrected chi connectivity index (χ1v) is 7.49. The number of amides is 1. The number of pyridine rings is 1. The molecule has 2 heterocycles. The summed E-state index contributed by atoms with van der Waals surface area (Å²) in [5.74, 6) is 1.59. The minimum absolute atomic E-state index is 0.231. The first-order chi connectivity index (χ1) is 12.2. The highest BCUT2D eigenvalue weighted by Crippen LogP contribution is 2.31. The van der Waals surface area contributed by atoms with Gasteiger partial charge in [-0.3, -0.25) is 4.79 Å². The highest BCUT2D eigenvalue weighted by molar-refractivity contribution is 6.01. The fourth-order valence-corrected chi connectivity index (χ4v) is 2.21. The first kappa shape index (κ1) is 16.4. The molecule has 1 aromatic carbocycles. The molecule has 0 atom stereocenters. The van der Waals surface area contributed by atoms with Crippen LogP contribution >= 0.6 is 0 Å². The minimum Gasteiger partial charge on any atom is -0.493 e. The lowest BCUT2D eigenvalue weighted by Crippen LogP contribution is -2.11. The Labute approximate surface area is 144 Å². The fourth-order valence-electron chi connectivity index (χ4n) is 2.21. The smallest absolute Gasteiger partial charge is 0.292 e. The van der Waals surface area contributed by atoms with Gasteiger partial charge in [0.25, 0.3) is 5.91 Å². The number of nitrogens with one attached hydrogen (secondary N) is 2. The van der Waals surface area contributed by atoms with Crippen LogP contribution in [0.2, 0.25) is 0 Å². The zero-order valence-electron chi connectivity index (χ0n) is 13.8. The Morgan fingerprint density at radius 2 is 1.84 bits per heavy atom. The summed E-state index contributed by atoms with van der Waals surface area (Å²) in [4.78, 5) is 16.1. The van der Waals surface area contributed by atoms with E-state index in [1.807, 2.05) is 24.3 Å². The molecule has 3 aromatic rings. The largest absolute Gasteiger partial charge is 0.493 e. The molecule has 1 amide bonds. The molecule has 0 aliphatic carbocycles. The molecule has 7 nitrogen and oxygen atoms in total. The van der Waals surface area contributed by atoms with E-state index in [4.69, 9.17) is 13.9 Å². The number of ether oxygens (including phenoxy) is 2. The van der Waals surface area contributed by atoms with Crippen LogP contribution in [0, 0.1) is 0 Å². The lowest BCUT2D eigenvalue weighted by Gasteiger charge is -2.11. The van der Waals surface area contributed by atoms with Crippen molar-refractivity contribution in [1.29, 1.82) is 0 Å². The summed E-state index contributed by atoms with van der Waals surface area (Å²) < 4.78 is 15.5. The quantitative estimate of drug-likeness (QED) is 0.712. The molecule has 0 saturated carbocycles. The lowest BCUT2D eigenvalue weighted by molar-refractivity contribution is 0.0996. The lowest BCUT2D eigenvalue weighted by atomic mass is 10.2. The normalized spacial score (nSPS) is 10.2. The van der Waals surface area contributed by atoms with Crippen molar-refractivity contribution >= 4 is 23.1 Å². The van der Waals surface area contributed by atoms with Crippen LogP contribution in [0.5, 0.6) is 11.5 Å². The van der Waals surface area contributed by atoms with Crippen molar-refractivity contribution in [3.05, 3.63) is 60.7 Å². The topological polar surface area (TPSA) is 85.6 Å². The Bertz CT molecular complexity index is 845. The van der Waals surface area contributed by atoms with Gasteiger partial charge in [0.1, 0.15) is 5.82 Å². The number of benzene rings is 1. The van der Waals surface area contributed by atoms with Crippen LogP contribution in [0.3, 0.4) is 0 Å². The third-order valence-corrected chi connectivity index (χ3v) is 3.42. The van der Waals surface area contributed by atoms with Crippen molar-refractivity contribution in [2.75, 3.05) is 24.9 Å². The minimum atomic E-state index is -0.349. The maximum Gasteiger partial charge on any atom is 0.292 e. The SMILES string of the molecule is COc1ccc(Nc2ccc(NC(=O)c3ccco3)nc2)cc1OC. The summed E-state index contributed by atoms with van der Waals surface area (Å²) in [5, 5.41) is 5.87. The van der Waals surface area contributed by atoms with Crippen molar-refractivity contribution in [2.24, 2.45) is 0 Å². The number of anilines is 3. The van der Waals surface area contributed by atoms with Gasteiger partial charge in [0.2, 0.25) is 0 Å². The van der Waals surface area contributed by atoms with E-state index in [0.29, 0.717) is 17.3 Å². The van der Waals surface area contributed by atoms with Crippen LogP contribution in [0.4, 0.5) is 17.2 Å².